The molecule has 0 radical (unpaired) electrons. The molecule has 1 atom stereocenters. The van der Waals surface area contributed by atoms with Crippen LogP contribution in [0.15, 0.2) is 42.5 Å². The third-order valence-corrected chi connectivity index (χ3v) is 3.83. The molecule has 0 aliphatic heterocycles. The zero-order chi connectivity index (χ0) is 17.5. The van der Waals surface area contributed by atoms with E-state index in [-0.39, 0.29) is 5.91 Å². The lowest BCUT2D eigenvalue weighted by Gasteiger charge is -2.18. The van der Waals surface area contributed by atoms with Crippen molar-refractivity contribution >= 4 is 11.6 Å². The number of hydrogen-bond donors (Lipinski definition) is 1. The standard InChI is InChI=1S/C20H25NO3/c1-5-19(24-18-11-10-14(3)15(4)12-18)20(22)21-16-8-7-9-17(13-16)23-6-2/h7-13,19H,5-6H2,1-4H3,(H,21,22)/t19-/m0/s1. The third-order valence-electron chi connectivity index (χ3n) is 3.83. The van der Waals surface area contributed by atoms with Crippen LogP contribution in [0.5, 0.6) is 11.5 Å². The average Bonchev–Trinajstić information content (AvgIpc) is 2.56. The Labute approximate surface area is 143 Å². The molecule has 2 aromatic carbocycles. The summed E-state index contributed by atoms with van der Waals surface area (Å²) in [4.78, 5) is 12.5. The van der Waals surface area contributed by atoms with Crippen LogP contribution in [-0.4, -0.2) is 18.6 Å². The topological polar surface area (TPSA) is 47.6 Å². The second-order valence-corrected chi connectivity index (χ2v) is 5.71. The quantitative estimate of drug-likeness (QED) is 0.814. The molecule has 2 rings (SSSR count). The summed E-state index contributed by atoms with van der Waals surface area (Å²) >= 11 is 0. The highest BCUT2D eigenvalue weighted by molar-refractivity contribution is 5.94. The Morgan fingerprint density at radius 3 is 2.50 bits per heavy atom. The van der Waals surface area contributed by atoms with E-state index in [1.807, 2.05) is 63.2 Å². The summed E-state index contributed by atoms with van der Waals surface area (Å²) < 4.78 is 11.3. The van der Waals surface area contributed by atoms with Crippen LogP contribution in [0.4, 0.5) is 5.69 Å². The zero-order valence-electron chi connectivity index (χ0n) is 14.8. The largest absolute Gasteiger partial charge is 0.494 e. The number of benzene rings is 2. The molecule has 0 unspecified atom stereocenters. The summed E-state index contributed by atoms with van der Waals surface area (Å²) in [5.74, 6) is 1.28. The van der Waals surface area contributed by atoms with E-state index in [9.17, 15) is 4.79 Å². The van der Waals surface area contributed by atoms with Crippen LogP contribution in [0.3, 0.4) is 0 Å². The molecule has 4 nitrogen and oxygen atoms in total. The third kappa shape index (κ3) is 4.75. The lowest BCUT2D eigenvalue weighted by molar-refractivity contribution is -0.122. The second kappa shape index (κ2) is 8.39. The maximum absolute atomic E-state index is 12.5. The first-order chi connectivity index (χ1) is 11.5. The van der Waals surface area contributed by atoms with Crippen molar-refractivity contribution in [2.45, 2.75) is 40.2 Å². The number of hydrogen-bond acceptors (Lipinski definition) is 3. The molecular formula is C20H25NO3. The molecule has 0 saturated carbocycles. The van der Waals surface area contributed by atoms with Crippen LogP contribution < -0.4 is 14.8 Å². The molecule has 0 aliphatic rings. The fourth-order valence-electron chi connectivity index (χ4n) is 2.33. The molecule has 0 spiro atoms. The van der Waals surface area contributed by atoms with Crippen LogP contribution in [0.1, 0.15) is 31.4 Å². The predicted octanol–water partition coefficient (Wildman–Crippen LogP) is 4.50. The van der Waals surface area contributed by atoms with Gasteiger partial charge in [0.05, 0.1) is 6.61 Å². The number of aryl methyl sites for hydroxylation is 2. The van der Waals surface area contributed by atoms with Crippen molar-refractivity contribution < 1.29 is 14.3 Å². The van der Waals surface area contributed by atoms with Gasteiger partial charge in [-0.25, -0.2) is 0 Å². The van der Waals surface area contributed by atoms with E-state index in [2.05, 4.69) is 12.2 Å². The Morgan fingerprint density at radius 2 is 1.83 bits per heavy atom. The van der Waals surface area contributed by atoms with E-state index >= 15 is 0 Å². The molecule has 0 fully saturated rings. The van der Waals surface area contributed by atoms with Gasteiger partial charge in [0.25, 0.3) is 5.91 Å². The van der Waals surface area contributed by atoms with E-state index in [1.54, 1.807) is 0 Å². The smallest absolute Gasteiger partial charge is 0.265 e. The van der Waals surface area contributed by atoms with Gasteiger partial charge in [-0.15, -0.1) is 0 Å². The Morgan fingerprint density at radius 1 is 1.04 bits per heavy atom. The summed E-state index contributed by atoms with van der Waals surface area (Å²) in [7, 11) is 0. The molecule has 1 N–H and O–H groups in total. The van der Waals surface area contributed by atoms with Gasteiger partial charge in [0.15, 0.2) is 6.10 Å². The SMILES string of the molecule is CCOc1cccc(NC(=O)[C@H](CC)Oc2ccc(C)c(C)c2)c1. The summed E-state index contributed by atoms with van der Waals surface area (Å²) in [6.45, 7) is 8.53. The molecule has 4 heteroatoms. The van der Waals surface area contributed by atoms with Gasteiger partial charge in [0, 0.05) is 11.8 Å². The Hall–Kier alpha value is -2.49. The number of rotatable bonds is 7. The van der Waals surface area contributed by atoms with Crippen molar-refractivity contribution in [2.75, 3.05) is 11.9 Å². The summed E-state index contributed by atoms with van der Waals surface area (Å²) in [6.07, 6.45) is 0.0482. The van der Waals surface area contributed by atoms with Gasteiger partial charge in [-0.3, -0.25) is 4.79 Å². The van der Waals surface area contributed by atoms with E-state index in [0.29, 0.717) is 24.5 Å². The fourth-order valence-corrected chi connectivity index (χ4v) is 2.33. The monoisotopic (exact) mass is 327 g/mol. The molecule has 1 amide bonds. The first-order valence-corrected chi connectivity index (χ1v) is 8.31. The minimum absolute atomic E-state index is 0.163. The second-order valence-electron chi connectivity index (χ2n) is 5.71. The van der Waals surface area contributed by atoms with Crippen LogP contribution in [0.25, 0.3) is 0 Å². The van der Waals surface area contributed by atoms with Gasteiger partial charge in [-0.05, 0) is 62.6 Å². The number of ether oxygens (including phenoxy) is 2. The van der Waals surface area contributed by atoms with Crippen LogP contribution in [0, 0.1) is 13.8 Å². The van der Waals surface area contributed by atoms with Crippen molar-refractivity contribution in [1.29, 1.82) is 0 Å². The number of carbonyl (C=O) groups is 1. The molecular weight excluding hydrogens is 302 g/mol. The van der Waals surface area contributed by atoms with Gasteiger partial charge in [0.2, 0.25) is 0 Å². The summed E-state index contributed by atoms with van der Waals surface area (Å²) in [5, 5.41) is 2.89. The van der Waals surface area contributed by atoms with Crippen molar-refractivity contribution in [3.63, 3.8) is 0 Å². The first-order valence-electron chi connectivity index (χ1n) is 8.31. The van der Waals surface area contributed by atoms with Gasteiger partial charge >= 0.3 is 0 Å². The van der Waals surface area contributed by atoms with E-state index in [0.717, 1.165) is 11.3 Å². The van der Waals surface area contributed by atoms with Gasteiger partial charge in [0.1, 0.15) is 11.5 Å². The number of amides is 1. The van der Waals surface area contributed by atoms with Crippen LogP contribution in [0.2, 0.25) is 0 Å². The van der Waals surface area contributed by atoms with E-state index in [4.69, 9.17) is 9.47 Å². The lowest BCUT2D eigenvalue weighted by Crippen LogP contribution is -2.32. The molecule has 128 valence electrons. The Kier molecular flexibility index (Phi) is 6.24. The molecule has 2 aromatic rings. The van der Waals surface area contributed by atoms with Gasteiger partial charge < -0.3 is 14.8 Å². The highest BCUT2D eigenvalue weighted by Crippen LogP contribution is 2.21. The highest BCUT2D eigenvalue weighted by atomic mass is 16.5. The molecule has 0 saturated heterocycles. The van der Waals surface area contributed by atoms with Crippen molar-refractivity contribution in [1.82, 2.24) is 0 Å². The average molecular weight is 327 g/mol. The number of carbonyl (C=O) groups excluding carboxylic acids is 1. The van der Waals surface area contributed by atoms with Crippen LogP contribution in [-0.2, 0) is 4.79 Å². The minimum atomic E-state index is -0.539. The van der Waals surface area contributed by atoms with E-state index < -0.39 is 6.10 Å². The predicted molar refractivity (Wildman–Crippen MR) is 96.9 cm³/mol. The normalized spacial score (nSPS) is 11.7. The lowest BCUT2D eigenvalue weighted by atomic mass is 10.1. The van der Waals surface area contributed by atoms with E-state index in [1.165, 1.54) is 5.56 Å². The molecule has 0 bridgehead atoms. The Balaban J connectivity index is 2.05. The summed E-state index contributed by atoms with van der Waals surface area (Å²) in [5.41, 5.74) is 3.05. The van der Waals surface area contributed by atoms with Crippen molar-refractivity contribution in [2.24, 2.45) is 0 Å². The minimum Gasteiger partial charge on any atom is -0.494 e. The van der Waals surface area contributed by atoms with Crippen molar-refractivity contribution in [3.8, 4) is 11.5 Å². The zero-order valence-corrected chi connectivity index (χ0v) is 14.8. The maximum atomic E-state index is 12.5. The molecule has 0 aromatic heterocycles. The van der Waals surface area contributed by atoms with Gasteiger partial charge in [-0.1, -0.05) is 19.1 Å². The fraction of sp³-hybridized carbons (Fsp3) is 0.350. The first kappa shape index (κ1) is 17.9. The summed E-state index contributed by atoms with van der Waals surface area (Å²) in [6, 6.07) is 13.2. The number of nitrogens with one attached hydrogen (secondary N) is 1. The highest BCUT2D eigenvalue weighted by Gasteiger charge is 2.19. The maximum Gasteiger partial charge on any atom is 0.265 e. The van der Waals surface area contributed by atoms with Crippen molar-refractivity contribution in [3.05, 3.63) is 53.6 Å². The molecule has 0 heterocycles. The molecule has 24 heavy (non-hydrogen) atoms. The number of anilines is 1. The van der Waals surface area contributed by atoms with Crippen LogP contribution >= 0.6 is 0 Å². The van der Waals surface area contributed by atoms with Gasteiger partial charge in [-0.2, -0.15) is 0 Å². The molecule has 0 aliphatic carbocycles. The Bertz CT molecular complexity index is 697.